The maximum Gasteiger partial charge on any atom is 0.262 e. The Balaban J connectivity index is 1.18. The lowest BCUT2D eigenvalue weighted by molar-refractivity contribution is 0.0961. The van der Waals surface area contributed by atoms with E-state index in [0.717, 1.165) is 68.4 Å². The molecule has 1 fully saturated rings. The predicted octanol–water partition coefficient (Wildman–Crippen LogP) is 4.14. The number of hydrogen-bond donors (Lipinski definition) is 0. The molecule has 0 bridgehead atoms. The van der Waals surface area contributed by atoms with E-state index in [0.29, 0.717) is 24.5 Å². The van der Waals surface area contributed by atoms with Crippen LogP contribution in [0.2, 0.25) is 0 Å². The summed E-state index contributed by atoms with van der Waals surface area (Å²) in [7, 11) is 0. The van der Waals surface area contributed by atoms with Gasteiger partial charge in [-0.15, -0.1) is 0 Å². The average Bonchev–Trinajstić information content (AvgIpc) is 3.34. The highest BCUT2D eigenvalue weighted by Crippen LogP contribution is 2.40. The second-order valence-electron chi connectivity index (χ2n) is 9.48. The first kappa shape index (κ1) is 22.0. The number of benzene rings is 2. The van der Waals surface area contributed by atoms with Gasteiger partial charge in [0.1, 0.15) is 19.0 Å². The van der Waals surface area contributed by atoms with Gasteiger partial charge >= 0.3 is 0 Å². The highest BCUT2D eigenvalue weighted by Gasteiger charge is 2.34. The molecule has 1 unspecified atom stereocenters. The molecule has 7 nitrogen and oxygen atoms in total. The third-order valence-corrected chi connectivity index (χ3v) is 7.40. The van der Waals surface area contributed by atoms with E-state index in [1.807, 2.05) is 30.0 Å². The molecule has 3 aromatic rings. The monoisotopic (exact) mass is 473 g/mol. The van der Waals surface area contributed by atoms with Gasteiger partial charge in [-0.05, 0) is 49.6 Å². The summed E-state index contributed by atoms with van der Waals surface area (Å²) < 4.78 is 17.2. The van der Waals surface area contributed by atoms with Crippen molar-refractivity contribution in [3.8, 4) is 11.5 Å². The maximum absolute atomic E-state index is 13.7. The van der Waals surface area contributed by atoms with Crippen molar-refractivity contribution in [1.29, 1.82) is 0 Å². The number of aryl methyl sites for hydroxylation is 2. The number of carbonyl (C=O) groups is 1. The molecular weight excluding hydrogens is 442 g/mol. The van der Waals surface area contributed by atoms with Crippen molar-refractivity contribution >= 4 is 17.3 Å². The highest BCUT2D eigenvalue weighted by molar-refractivity contribution is 6.07. The van der Waals surface area contributed by atoms with Gasteiger partial charge in [0.25, 0.3) is 5.91 Å². The van der Waals surface area contributed by atoms with Gasteiger partial charge in [0.05, 0.1) is 23.6 Å². The van der Waals surface area contributed by atoms with Crippen LogP contribution in [0, 0.1) is 6.92 Å². The van der Waals surface area contributed by atoms with E-state index in [9.17, 15) is 4.79 Å². The molecule has 2 aromatic carbocycles. The minimum Gasteiger partial charge on any atom is -0.486 e. The predicted molar refractivity (Wildman–Crippen MR) is 135 cm³/mol. The van der Waals surface area contributed by atoms with Crippen molar-refractivity contribution in [2.75, 3.05) is 55.7 Å². The van der Waals surface area contributed by atoms with Crippen LogP contribution in [-0.4, -0.2) is 62.8 Å². The fraction of sp³-hybridized carbons (Fsp3) is 0.393. The number of nitrogens with zero attached hydrogens (tertiary/aromatic N) is 3. The third kappa shape index (κ3) is 4.14. The first-order valence-electron chi connectivity index (χ1n) is 12.5. The number of anilines is 2. The second kappa shape index (κ2) is 9.30. The number of para-hydroxylation sites is 2. The van der Waals surface area contributed by atoms with Crippen LogP contribution in [-0.2, 0) is 6.42 Å². The Morgan fingerprint density at radius 1 is 0.943 bits per heavy atom. The standard InChI is InChI=1S/C28H31N3O4/c1-20-23(11-16-33-20)28(32)31-22(10-9-21-5-2-3-6-24(21)31)19-29-12-14-30(15-13-29)25-7-4-8-26-27(25)35-18-17-34-26/h2-8,11,16,22H,9-10,12-15,17-19H2,1H3. The lowest BCUT2D eigenvalue weighted by atomic mass is 9.94. The van der Waals surface area contributed by atoms with Crippen LogP contribution in [0.5, 0.6) is 11.5 Å². The molecule has 7 heteroatoms. The van der Waals surface area contributed by atoms with Crippen LogP contribution in [0.15, 0.2) is 59.2 Å². The lowest BCUT2D eigenvalue weighted by Crippen LogP contribution is -2.54. The molecule has 0 radical (unpaired) electrons. The summed E-state index contributed by atoms with van der Waals surface area (Å²) in [5.74, 6) is 2.40. The van der Waals surface area contributed by atoms with Crippen LogP contribution in [0.1, 0.15) is 28.1 Å². The molecule has 0 spiro atoms. The van der Waals surface area contributed by atoms with Crippen molar-refractivity contribution in [3.63, 3.8) is 0 Å². The molecule has 0 N–H and O–H groups in total. The Kier molecular flexibility index (Phi) is 5.86. The summed E-state index contributed by atoms with van der Waals surface area (Å²) in [5.41, 5.74) is 4.02. The van der Waals surface area contributed by atoms with Crippen LogP contribution in [0.3, 0.4) is 0 Å². The average molecular weight is 474 g/mol. The molecule has 6 rings (SSSR count). The normalized spacial score (nSPS) is 20.0. The number of piperazine rings is 1. The quantitative estimate of drug-likeness (QED) is 0.568. The van der Waals surface area contributed by atoms with E-state index in [2.05, 4.69) is 34.1 Å². The van der Waals surface area contributed by atoms with Crippen molar-refractivity contribution in [2.45, 2.75) is 25.8 Å². The zero-order valence-corrected chi connectivity index (χ0v) is 20.1. The van der Waals surface area contributed by atoms with E-state index in [1.54, 1.807) is 12.3 Å². The number of carbonyl (C=O) groups excluding carboxylic acids is 1. The minimum atomic E-state index is 0.0279. The van der Waals surface area contributed by atoms with Crippen molar-refractivity contribution in [2.24, 2.45) is 0 Å². The zero-order chi connectivity index (χ0) is 23.8. The number of amides is 1. The molecule has 0 saturated carbocycles. The topological polar surface area (TPSA) is 58.4 Å². The lowest BCUT2D eigenvalue weighted by Gasteiger charge is -2.42. The summed E-state index contributed by atoms with van der Waals surface area (Å²) in [6, 6.07) is 16.3. The Hall–Kier alpha value is -3.45. The fourth-order valence-electron chi connectivity index (χ4n) is 5.57. The summed E-state index contributed by atoms with van der Waals surface area (Å²) in [5, 5.41) is 0. The van der Waals surface area contributed by atoms with Gasteiger partial charge in [0.15, 0.2) is 11.5 Å². The third-order valence-electron chi connectivity index (χ3n) is 7.40. The van der Waals surface area contributed by atoms with Crippen molar-refractivity contribution in [3.05, 3.63) is 71.7 Å². The van der Waals surface area contributed by atoms with Gasteiger partial charge in [-0.2, -0.15) is 0 Å². The van der Waals surface area contributed by atoms with Crippen LogP contribution < -0.4 is 19.3 Å². The Labute approximate surface area is 205 Å². The van der Waals surface area contributed by atoms with E-state index < -0.39 is 0 Å². The number of rotatable bonds is 4. The maximum atomic E-state index is 13.7. The van der Waals surface area contributed by atoms with Gasteiger partial charge in [-0.25, -0.2) is 0 Å². The molecule has 35 heavy (non-hydrogen) atoms. The smallest absolute Gasteiger partial charge is 0.262 e. The minimum absolute atomic E-state index is 0.0279. The SMILES string of the molecule is Cc1occc1C(=O)N1c2ccccc2CCC1CN1CCN(c2cccc3c2OCCO3)CC1. The molecule has 182 valence electrons. The molecule has 4 heterocycles. The fourth-order valence-corrected chi connectivity index (χ4v) is 5.57. The molecule has 1 saturated heterocycles. The second-order valence-corrected chi connectivity index (χ2v) is 9.48. The Morgan fingerprint density at radius 2 is 1.74 bits per heavy atom. The van der Waals surface area contributed by atoms with E-state index >= 15 is 0 Å². The van der Waals surface area contributed by atoms with Gasteiger partial charge in [0.2, 0.25) is 0 Å². The van der Waals surface area contributed by atoms with Gasteiger partial charge in [-0.1, -0.05) is 24.3 Å². The zero-order valence-electron chi connectivity index (χ0n) is 20.1. The number of furan rings is 1. The van der Waals surface area contributed by atoms with Gasteiger partial charge in [0, 0.05) is 38.4 Å². The van der Waals surface area contributed by atoms with E-state index in [1.165, 1.54) is 5.56 Å². The number of ether oxygens (including phenoxy) is 2. The summed E-state index contributed by atoms with van der Waals surface area (Å²) >= 11 is 0. The van der Waals surface area contributed by atoms with Crippen LogP contribution in [0.4, 0.5) is 11.4 Å². The summed E-state index contributed by atoms with van der Waals surface area (Å²) in [4.78, 5) is 20.6. The van der Waals surface area contributed by atoms with Crippen LogP contribution >= 0.6 is 0 Å². The van der Waals surface area contributed by atoms with E-state index in [4.69, 9.17) is 13.9 Å². The summed E-state index contributed by atoms with van der Waals surface area (Å²) in [6.45, 7) is 7.61. The summed E-state index contributed by atoms with van der Waals surface area (Å²) in [6.07, 6.45) is 3.55. The first-order chi connectivity index (χ1) is 17.2. The molecule has 3 aliphatic rings. The molecular formula is C28H31N3O4. The van der Waals surface area contributed by atoms with Crippen molar-refractivity contribution in [1.82, 2.24) is 4.90 Å². The van der Waals surface area contributed by atoms with Crippen molar-refractivity contribution < 1.29 is 18.7 Å². The highest BCUT2D eigenvalue weighted by atomic mass is 16.6. The van der Waals surface area contributed by atoms with Crippen LogP contribution in [0.25, 0.3) is 0 Å². The number of hydrogen-bond acceptors (Lipinski definition) is 6. The Bertz CT molecular complexity index is 1210. The van der Waals surface area contributed by atoms with Gasteiger partial charge in [-0.3, -0.25) is 9.69 Å². The molecule has 1 atom stereocenters. The van der Waals surface area contributed by atoms with E-state index in [-0.39, 0.29) is 11.9 Å². The molecule has 1 aromatic heterocycles. The number of fused-ring (bicyclic) bond motifs is 2. The molecule has 1 amide bonds. The Morgan fingerprint density at radius 3 is 2.57 bits per heavy atom. The molecule has 0 aliphatic carbocycles. The van der Waals surface area contributed by atoms with Gasteiger partial charge < -0.3 is 23.7 Å². The molecule has 3 aliphatic heterocycles. The first-order valence-corrected chi connectivity index (χ1v) is 12.5. The largest absolute Gasteiger partial charge is 0.486 e.